The maximum absolute atomic E-state index is 12.4. The summed E-state index contributed by atoms with van der Waals surface area (Å²) in [6.45, 7) is 6.06. The molecule has 1 N–H and O–H groups in total. The smallest absolute Gasteiger partial charge is 0.217 e. The minimum Gasteiger partial charge on any atom is -0.313 e. The van der Waals surface area contributed by atoms with Crippen LogP contribution < -0.4 is 5.32 Å². The van der Waals surface area contributed by atoms with E-state index in [0.29, 0.717) is 18.5 Å². The maximum atomic E-state index is 12.4. The molecule has 0 aromatic rings. The van der Waals surface area contributed by atoms with E-state index >= 15 is 0 Å². The molecule has 0 bridgehead atoms. The van der Waals surface area contributed by atoms with Gasteiger partial charge in [-0.3, -0.25) is 0 Å². The van der Waals surface area contributed by atoms with Gasteiger partial charge in [0.05, 0.1) is 5.25 Å². The number of hydrogen-bond acceptors (Lipinski definition) is 3. The molecule has 0 spiro atoms. The van der Waals surface area contributed by atoms with E-state index in [1.165, 1.54) is 12.8 Å². The molecular weight excluding hydrogens is 248 g/mol. The maximum Gasteiger partial charge on any atom is 0.217 e. The fourth-order valence-electron chi connectivity index (χ4n) is 2.65. The average Bonchev–Trinajstić information content (AvgIpc) is 3.04. The molecule has 2 fully saturated rings. The number of nitrogens with one attached hydrogen (secondary N) is 1. The second kappa shape index (κ2) is 5.88. The largest absolute Gasteiger partial charge is 0.313 e. The summed E-state index contributed by atoms with van der Waals surface area (Å²) in [5, 5.41) is 3.02. The van der Waals surface area contributed by atoms with Gasteiger partial charge in [-0.1, -0.05) is 13.3 Å². The van der Waals surface area contributed by atoms with Crippen molar-refractivity contribution in [1.82, 2.24) is 9.62 Å². The Morgan fingerprint density at radius 3 is 2.67 bits per heavy atom. The normalized spacial score (nSPS) is 27.6. The number of rotatable bonds is 7. The fraction of sp³-hybridized carbons (Fsp3) is 1.00. The van der Waals surface area contributed by atoms with Crippen LogP contribution >= 0.6 is 0 Å². The molecule has 2 aliphatic rings. The number of nitrogens with zero attached hydrogens (tertiary/aromatic N) is 1. The van der Waals surface area contributed by atoms with Crippen molar-refractivity contribution in [3.8, 4) is 0 Å². The van der Waals surface area contributed by atoms with E-state index < -0.39 is 10.0 Å². The van der Waals surface area contributed by atoms with Crippen LogP contribution in [0.1, 0.15) is 46.0 Å². The summed E-state index contributed by atoms with van der Waals surface area (Å²) in [4.78, 5) is 0. The van der Waals surface area contributed by atoms with Crippen LogP contribution in [0.25, 0.3) is 0 Å². The molecule has 1 saturated carbocycles. The Morgan fingerprint density at radius 1 is 1.33 bits per heavy atom. The molecule has 0 aromatic carbocycles. The van der Waals surface area contributed by atoms with Crippen molar-refractivity contribution in [2.75, 3.05) is 19.6 Å². The van der Waals surface area contributed by atoms with E-state index in [1.807, 2.05) is 6.92 Å². The molecule has 2 rings (SSSR count). The second-order valence-corrected chi connectivity index (χ2v) is 8.19. The van der Waals surface area contributed by atoms with Crippen molar-refractivity contribution in [3.63, 3.8) is 0 Å². The molecule has 2 unspecified atom stereocenters. The Hall–Kier alpha value is -0.130. The third-order valence-electron chi connectivity index (χ3n) is 4.09. The average molecular weight is 274 g/mol. The van der Waals surface area contributed by atoms with Gasteiger partial charge in [-0.25, -0.2) is 12.7 Å². The van der Waals surface area contributed by atoms with Crippen LogP contribution in [0.15, 0.2) is 0 Å². The van der Waals surface area contributed by atoms with E-state index in [0.717, 1.165) is 32.4 Å². The van der Waals surface area contributed by atoms with Gasteiger partial charge in [0.15, 0.2) is 0 Å². The zero-order valence-corrected chi connectivity index (χ0v) is 12.4. The van der Waals surface area contributed by atoms with E-state index in [9.17, 15) is 8.42 Å². The highest BCUT2D eigenvalue weighted by Gasteiger charge is 2.35. The first-order valence-corrected chi connectivity index (χ1v) is 8.76. The molecule has 106 valence electrons. The van der Waals surface area contributed by atoms with Gasteiger partial charge >= 0.3 is 0 Å². The van der Waals surface area contributed by atoms with Crippen molar-refractivity contribution in [2.24, 2.45) is 5.92 Å². The van der Waals surface area contributed by atoms with Crippen LogP contribution in [-0.2, 0) is 10.0 Å². The lowest BCUT2D eigenvalue weighted by Gasteiger charge is -2.22. The molecule has 1 heterocycles. The van der Waals surface area contributed by atoms with Crippen LogP contribution in [-0.4, -0.2) is 43.6 Å². The standard InChI is InChI=1S/C13H26N2O2S/c1-3-4-12-7-8-15(10-12)18(16,17)11(2)9-14-13-5-6-13/h11-14H,3-10H2,1-2H3. The van der Waals surface area contributed by atoms with Gasteiger partial charge in [0.25, 0.3) is 0 Å². The summed E-state index contributed by atoms with van der Waals surface area (Å²) in [7, 11) is -3.09. The molecule has 4 nitrogen and oxygen atoms in total. The first-order valence-electron chi connectivity index (χ1n) is 7.26. The van der Waals surface area contributed by atoms with Crippen molar-refractivity contribution in [2.45, 2.75) is 57.2 Å². The van der Waals surface area contributed by atoms with Crippen LogP contribution in [0.3, 0.4) is 0 Å². The Kier molecular flexibility index (Phi) is 4.67. The quantitative estimate of drug-likeness (QED) is 0.767. The summed E-state index contributed by atoms with van der Waals surface area (Å²) in [5.41, 5.74) is 0. The zero-order chi connectivity index (χ0) is 13.2. The first kappa shape index (κ1) is 14.3. The lowest BCUT2D eigenvalue weighted by molar-refractivity contribution is 0.435. The third-order valence-corrected chi connectivity index (χ3v) is 6.32. The number of sulfonamides is 1. The van der Waals surface area contributed by atoms with Crippen molar-refractivity contribution in [3.05, 3.63) is 0 Å². The first-order chi connectivity index (χ1) is 8.54. The molecule has 5 heteroatoms. The van der Waals surface area contributed by atoms with Gasteiger partial charge in [-0.05, 0) is 38.5 Å². The van der Waals surface area contributed by atoms with Gasteiger partial charge < -0.3 is 5.32 Å². The Labute approximate surface area is 111 Å². The lowest BCUT2D eigenvalue weighted by atomic mass is 10.0. The predicted octanol–water partition coefficient (Wildman–Crippen LogP) is 1.58. The Bertz CT molecular complexity index is 365. The molecule has 18 heavy (non-hydrogen) atoms. The SMILES string of the molecule is CCCC1CCN(S(=O)(=O)C(C)CNC2CC2)C1. The van der Waals surface area contributed by atoms with Gasteiger partial charge in [0.2, 0.25) is 10.0 Å². The topological polar surface area (TPSA) is 49.4 Å². The third kappa shape index (κ3) is 3.45. The zero-order valence-electron chi connectivity index (χ0n) is 11.6. The predicted molar refractivity (Wildman–Crippen MR) is 74.0 cm³/mol. The second-order valence-electron chi connectivity index (χ2n) is 5.84. The van der Waals surface area contributed by atoms with E-state index in [-0.39, 0.29) is 5.25 Å². The minimum absolute atomic E-state index is 0.293. The Balaban J connectivity index is 1.85. The molecule has 1 saturated heterocycles. The van der Waals surface area contributed by atoms with Crippen molar-refractivity contribution in [1.29, 1.82) is 0 Å². The van der Waals surface area contributed by atoms with Crippen molar-refractivity contribution < 1.29 is 8.42 Å². The van der Waals surface area contributed by atoms with Crippen molar-refractivity contribution >= 4 is 10.0 Å². The highest BCUT2D eigenvalue weighted by molar-refractivity contribution is 7.89. The molecule has 0 amide bonds. The van der Waals surface area contributed by atoms with E-state index in [2.05, 4.69) is 12.2 Å². The fourth-order valence-corrected chi connectivity index (χ4v) is 4.25. The molecule has 0 aromatic heterocycles. The number of hydrogen-bond donors (Lipinski definition) is 1. The van der Waals surface area contributed by atoms with Crippen LogP contribution in [0.2, 0.25) is 0 Å². The Morgan fingerprint density at radius 2 is 2.06 bits per heavy atom. The van der Waals surface area contributed by atoms with Gasteiger partial charge in [0.1, 0.15) is 0 Å². The monoisotopic (exact) mass is 274 g/mol. The molecule has 0 radical (unpaired) electrons. The van der Waals surface area contributed by atoms with Gasteiger partial charge in [0, 0.05) is 25.7 Å². The molecule has 1 aliphatic carbocycles. The molecule has 2 atom stereocenters. The molecule has 1 aliphatic heterocycles. The lowest BCUT2D eigenvalue weighted by Crippen LogP contribution is -2.41. The summed E-state index contributed by atoms with van der Waals surface area (Å²) in [5.74, 6) is 0.577. The van der Waals surface area contributed by atoms with Gasteiger partial charge in [-0.2, -0.15) is 0 Å². The molecular formula is C13H26N2O2S. The summed E-state index contributed by atoms with van der Waals surface area (Å²) < 4.78 is 26.5. The highest BCUT2D eigenvalue weighted by Crippen LogP contribution is 2.25. The summed E-state index contributed by atoms with van der Waals surface area (Å²) in [6.07, 6.45) is 5.75. The van der Waals surface area contributed by atoms with Crippen LogP contribution in [0.4, 0.5) is 0 Å². The van der Waals surface area contributed by atoms with E-state index in [1.54, 1.807) is 4.31 Å². The summed E-state index contributed by atoms with van der Waals surface area (Å²) in [6, 6.07) is 0.578. The highest BCUT2D eigenvalue weighted by atomic mass is 32.2. The van der Waals surface area contributed by atoms with Crippen LogP contribution in [0.5, 0.6) is 0 Å². The minimum atomic E-state index is -3.09. The van der Waals surface area contributed by atoms with Crippen LogP contribution in [0, 0.1) is 5.92 Å². The van der Waals surface area contributed by atoms with Gasteiger partial charge in [-0.15, -0.1) is 0 Å². The van der Waals surface area contributed by atoms with E-state index in [4.69, 9.17) is 0 Å². The summed E-state index contributed by atoms with van der Waals surface area (Å²) >= 11 is 0.